The van der Waals surface area contributed by atoms with Gasteiger partial charge in [0.2, 0.25) is 0 Å². The third-order valence-corrected chi connectivity index (χ3v) is 2.71. The van der Waals surface area contributed by atoms with E-state index >= 15 is 0 Å². The summed E-state index contributed by atoms with van der Waals surface area (Å²) < 4.78 is 1.86. The molecule has 0 fully saturated rings. The minimum atomic E-state index is -1.01. The monoisotopic (exact) mass is 248 g/mol. The quantitative estimate of drug-likeness (QED) is 0.838. The van der Waals surface area contributed by atoms with Crippen molar-refractivity contribution in [3.63, 3.8) is 0 Å². The SMILES string of the molecule is CNCc1nc(C(=O)O)c2cccc(N(C)C)n12. The number of nitrogens with one attached hydrogen (secondary N) is 1. The summed E-state index contributed by atoms with van der Waals surface area (Å²) in [5.74, 6) is 0.581. The van der Waals surface area contributed by atoms with Gasteiger partial charge in [-0.2, -0.15) is 0 Å². The first-order chi connectivity index (χ1) is 8.56. The zero-order valence-electron chi connectivity index (χ0n) is 10.6. The number of aromatic carboxylic acids is 1. The van der Waals surface area contributed by atoms with Crippen LogP contribution < -0.4 is 10.2 Å². The second-order valence-electron chi connectivity index (χ2n) is 4.21. The van der Waals surface area contributed by atoms with Crippen molar-refractivity contribution in [2.45, 2.75) is 6.54 Å². The molecule has 0 aliphatic carbocycles. The molecule has 0 saturated heterocycles. The summed E-state index contributed by atoms with van der Waals surface area (Å²) in [4.78, 5) is 17.3. The fraction of sp³-hybridized carbons (Fsp3) is 0.333. The minimum absolute atomic E-state index is 0.0870. The van der Waals surface area contributed by atoms with Gasteiger partial charge >= 0.3 is 5.97 Å². The third-order valence-electron chi connectivity index (χ3n) is 2.71. The van der Waals surface area contributed by atoms with E-state index in [1.165, 1.54) is 0 Å². The highest BCUT2D eigenvalue weighted by molar-refractivity contribution is 5.94. The van der Waals surface area contributed by atoms with E-state index in [4.69, 9.17) is 0 Å². The van der Waals surface area contributed by atoms with Crippen LogP contribution in [0.4, 0.5) is 5.82 Å². The van der Waals surface area contributed by atoms with Crippen LogP contribution in [0.25, 0.3) is 5.52 Å². The maximum Gasteiger partial charge on any atom is 0.356 e. The van der Waals surface area contributed by atoms with Crippen LogP contribution in [0.3, 0.4) is 0 Å². The van der Waals surface area contributed by atoms with Gasteiger partial charge in [0.25, 0.3) is 0 Å². The first kappa shape index (κ1) is 12.4. The molecule has 0 bridgehead atoms. The molecule has 96 valence electrons. The molecule has 2 heterocycles. The molecule has 0 unspecified atom stereocenters. The van der Waals surface area contributed by atoms with Crippen molar-refractivity contribution >= 4 is 17.3 Å². The Morgan fingerprint density at radius 1 is 1.50 bits per heavy atom. The fourth-order valence-electron chi connectivity index (χ4n) is 1.97. The van der Waals surface area contributed by atoms with Gasteiger partial charge in [0.15, 0.2) is 5.69 Å². The number of carboxylic acids is 1. The van der Waals surface area contributed by atoms with Crippen LogP contribution in [0.15, 0.2) is 18.2 Å². The lowest BCUT2D eigenvalue weighted by atomic mass is 10.3. The number of anilines is 1. The Hall–Kier alpha value is -2.08. The molecular weight excluding hydrogens is 232 g/mol. The molecule has 2 N–H and O–H groups in total. The number of carbonyl (C=O) groups is 1. The van der Waals surface area contributed by atoms with E-state index in [0.29, 0.717) is 17.9 Å². The fourth-order valence-corrected chi connectivity index (χ4v) is 1.97. The highest BCUT2D eigenvalue weighted by atomic mass is 16.4. The molecule has 2 aromatic rings. The zero-order chi connectivity index (χ0) is 13.3. The van der Waals surface area contributed by atoms with Crippen molar-refractivity contribution in [1.29, 1.82) is 0 Å². The lowest BCUT2D eigenvalue weighted by Crippen LogP contribution is -2.16. The van der Waals surface area contributed by atoms with E-state index in [9.17, 15) is 9.90 Å². The second kappa shape index (κ2) is 4.66. The predicted molar refractivity (Wildman–Crippen MR) is 69.2 cm³/mol. The highest BCUT2D eigenvalue weighted by Gasteiger charge is 2.18. The maximum atomic E-state index is 11.2. The van der Waals surface area contributed by atoms with Gasteiger partial charge < -0.3 is 15.3 Å². The van der Waals surface area contributed by atoms with Crippen LogP contribution >= 0.6 is 0 Å². The predicted octanol–water partition coefficient (Wildman–Crippen LogP) is 0.818. The molecule has 0 spiro atoms. The Morgan fingerprint density at radius 2 is 2.22 bits per heavy atom. The molecule has 0 atom stereocenters. The number of imidazole rings is 1. The van der Waals surface area contributed by atoms with Crippen LogP contribution in [0.5, 0.6) is 0 Å². The van der Waals surface area contributed by atoms with Gasteiger partial charge in [0, 0.05) is 14.1 Å². The van der Waals surface area contributed by atoms with E-state index in [2.05, 4.69) is 10.3 Å². The summed E-state index contributed by atoms with van der Waals surface area (Å²) in [6.07, 6.45) is 0. The molecular formula is C12H16N4O2. The van der Waals surface area contributed by atoms with Crippen LogP contribution in [0, 0.1) is 0 Å². The molecule has 6 heteroatoms. The number of fused-ring (bicyclic) bond motifs is 1. The topological polar surface area (TPSA) is 69.9 Å². The van der Waals surface area contributed by atoms with Gasteiger partial charge in [-0.3, -0.25) is 4.40 Å². The van der Waals surface area contributed by atoms with E-state index < -0.39 is 5.97 Å². The number of pyridine rings is 1. The van der Waals surface area contributed by atoms with Crippen LogP contribution in [0.2, 0.25) is 0 Å². The van der Waals surface area contributed by atoms with Gasteiger partial charge in [-0.1, -0.05) is 6.07 Å². The lowest BCUT2D eigenvalue weighted by Gasteiger charge is -2.16. The number of aromatic nitrogens is 2. The van der Waals surface area contributed by atoms with Crippen LogP contribution in [-0.2, 0) is 6.54 Å². The number of nitrogens with zero attached hydrogens (tertiary/aromatic N) is 3. The minimum Gasteiger partial charge on any atom is -0.476 e. The normalized spacial score (nSPS) is 10.8. The van der Waals surface area contributed by atoms with Crippen LogP contribution in [-0.4, -0.2) is 41.6 Å². The number of rotatable bonds is 4. The molecule has 0 aromatic carbocycles. The average Bonchev–Trinajstić information content (AvgIpc) is 2.69. The summed E-state index contributed by atoms with van der Waals surface area (Å²) in [7, 11) is 5.64. The molecule has 2 aromatic heterocycles. The molecule has 0 amide bonds. The molecule has 2 rings (SSSR count). The Kier molecular flexibility index (Phi) is 3.20. The molecule has 0 saturated carbocycles. The van der Waals surface area contributed by atoms with Crippen molar-refractivity contribution in [3.8, 4) is 0 Å². The summed E-state index contributed by atoms with van der Waals surface area (Å²) in [6.45, 7) is 0.513. The first-order valence-electron chi connectivity index (χ1n) is 5.61. The van der Waals surface area contributed by atoms with Gasteiger partial charge in [0.1, 0.15) is 11.6 Å². The third kappa shape index (κ3) is 1.91. The largest absolute Gasteiger partial charge is 0.476 e. The zero-order valence-corrected chi connectivity index (χ0v) is 10.6. The lowest BCUT2D eigenvalue weighted by molar-refractivity contribution is 0.0693. The van der Waals surface area contributed by atoms with Crippen molar-refractivity contribution < 1.29 is 9.90 Å². The summed E-state index contributed by atoms with van der Waals surface area (Å²) in [5, 5.41) is 12.2. The van der Waals surface area contributed by atoms with E-state index in [1.807, 2.05) is 35.5 Å². The summed E-state index contributed by atoms with van der Waals surface area (Å²) in [5.41, 5.74) is 0.697. The van der Waals surface area contributed by atoms with E-state index in [0.717, 1.165) is 5.82 Å². The molecule has 18 heavy (non-hydrogen) atoms. The van der Waals surface area contributed by atoms with Crippen molar-refractivity contribution in [2.75, 3.05) is 26.0 Å². The second-order valence-corrected chi connectivity index (χ2v) is 4.21. The summed E-state index contributed by atoms with van der Waals surface area (Å²) in [6, 6.07) is 5.53. The highest BCUT2D eigenvalue weighted by Crippen LogP contribution is 2.21. The molecule has 0 aliphatic heterocycles. The van der Waals surface area contributed by atoms with Gasteiger partial charge in [-0.25, -0.2) is 9.78 Å². The van der Waals surface area contributed by atoms with Crippen molar-refractivity contribution in [1.82, 2.24) is 14.7 Å². The van der Waals surface area contributed by atoms with Gasteiger partial charge in [0.05, 0.1) is 12.1 Å². The molecule has 0 aliphatic rings. The Labute approximate surface area is 105 Å². The van der Waals surface area contributed by atoms with Gasteiger partial charge in [-0.15, -0.1) is 0 Å². The summed E-state index contributed by atoms with van der Waals surface area (Å²) >= 11 is 0. The first-order valence-corrected chi connectivity index (χ1v) is 5.61. The number of hydrogen-bond donors (Lipinski definition) is 2. The van der Waals surface area contributed by atoms with E-state index in [-0.39, 0.29) is 5.69 Å². The average molecular weight is 248 g/mol. The smallest absolute Gasteiger partial charge is 0.356 e. The van der Waals surface area contributed by atoms with Gasteiger partial charge in [-0.05, 0) is 19.2 Å². The van der Waals surface area contributed by atoms with E-state index in [1.54, 1.807) is 13.1 Å². The van der Waals surface area contributed by atoms with Crippen LogP contribution in [0.1, 0.15) is 16.3 Å². The van der Waals surface area contributed by atoms with Crippen molar-refractivity contribution in [2.24, 2.45) is 0 Å². The van der Waals surface area contributed by atoms with Crippen molar-refractivity contribution in [3.05, 3.63) is 29.7 Å². The molecule has 0 radical (unpaired) electrons. The Balaban J connectivity index is 2.78. The number of hydrogen-bond acceptors (Lipinski definition) is 4. The molecule has 6 nitrogen and oxygen atoms in total. The Bertz CT molecular complexity index is 589. The standard InChI is InChI=1S/C12H16N4O2/c1-13-7-9-14-11(12(17)18)8-5-4-6-10(15(2)3)16(8)9/h4-6,13H,7H2,1-3H3,(H,17,18). The number of carboxylic acid groups (broad SMARTS) is 1. The Morgan fingerprint density at radius 3 is 2.78 bits per heavy atom. The maximum absolute atomic E-state index is 11.2.